The highest BCUT2D eigenvalue weighted by Gasteiger charge is 2.26. The van der Waals surface area contributed by atoms with Gasteiger partial charge in [0.2, 0.25) is 0 Å². The van der Waals surface area contributed by atoms with Crippen molar-refractivity contribution < 1.29 is 4.79 Å². The van der Waals surface area contributed by atoms with Crippen molar-refractivity contribution >= 4 is 5.91 Å². The fraction of sp³-hybridized carbons (Fsp3) is 0.444. The highest BCUT2D eigenvalue weighted by atomic mass is 16.2. The number of nitrogens with one attached hydrogen (secondary N) is 2. The number of likely N-dealkylation sites (N-methyl/N-ethyl adjacent to an activating group) is 1. The van der Waals surface area contributed by atoms with Crippen molar-refractivity contribution in [2.45, 2.75) is 38.3 Å². The van der Waals surface area contributed by atoms with E-state index < -0.39 is 0 Å². The van der Waals surface area contributed by atoms with Crippen LogP contribution in [0.25, 0.3) is 0 Å². The van der Waals surface area contributed by atoms with Crippen LogP contribution in [0.2, 0.25) is 0 Å². The number of hydrogen-bond acceptors (Lipinski definition) is 3. The number of carbonyl (C=O) groups excluding carboxylic acids is 1. The highest BCUT2D eigenvalue weighted by Crippen LogP contribution is 2.23. The Hall–Kier alpha value is -2.14. The van der Waals surface area contributed by atoms with Crippen LogP contribution in [0.15, 0.2) is 24.3 Å². The van der Waals surface area contributed by atoms with Gasteiger partial charge in [0.05, 0.1) is 0 Å². The third kappa shape index (κ3) is 2.77. The van der Waals surface area contributed by atoms with Crippen LogP contribution in [0.5, 0.6) is 0 Å². The lowest BCUT2D eigenvalue weighted by atomic mass is 9.88. The number of aryl methyl sites for hydroxylation is 1. The topological polar surface area (TPSA) is 61.0 Å². The van der Waals surface area contributed by atoms with E-state index in [1.165, 1.54) is 11.1 Å². The Morgan fingerprint density at radius 2 is 2.13 bits per heavy atom. The smallest absolute Gasteiger partial charge is 0.272 e. The van der Waals surface area contributed by atoms with Crippen molar-refractivity contribution in [3.05, 3.63) is 52.3 Å². The standard InChI is InChI=1S/C18H22N4O/c1-22-9-8-16-15(11-22)17(21-20-16)18(23)19-14-7-6-12-4-2-3-5-13(12)10-14/h2-5,14H,6-11H2,1H3,(H,19,23)(H,20,21). The van der Waals surface area contributed by atoms with Gasteiger partial charge in [0.15, 0.2) is 5.69 Å². The first-order chi connectivity index (χ1) is 11.2. The van der Waals surface area contributed by atoms with E-state index >= 15 is 0 Å². The minimum atomic E-state index is -0.0396. The number of fused-ring (bicyclic) bond motifs is 2. The lowest BCUT2D eigenvalue weighted by molar-refractivity contribution is 0.0926. The molecule has 1 unspecified atom stereocenters. The Kier molecular flexibility index (Phi) is 3.65. The molecule has 1 aromatic heterocycles. The number of amides is 1. The van der Waals surface area contributed by atoms with Crippen LogP contribution in [0, 0.1) is 0 Å². The summed E-state index contributed by atoms with van der Waals surface area (Å²) in [6.07, 6.45) is 3.87. The number of carbonyl (C=O) groups is 1. The number of H-pyrrole nitrogens is 1. The SMILES string of the molecule is CN1CCc2[nH]nc(C(=O)NC3CCc4ccccc4C3)c2C1. The van der Waals surface area contributed by atoms with Gasteiger partial charge in [-0.1, -0.05) is 24.3 Å². The van der Waals surface area contributed by atoms with Crippen LogP contribution in [0.4, 0.5) is 0 Å². The van der Waals surface area contributed by atoms with E-state index in [9.17, 15) is 4.79 Å². The minimum Gasteiger partial charge on any atom is -0.348 e. The van der Waals surface area contributed by atoms with E-state index in [-0.39, 0.29) is 11.9 Å². The van der Waals surface area contributed by atoms with Gasteiger partial charge in [0.1, 0.15) is 0 Å². The van der Waals surface area contributed by atoms with Gasteiger partial charge >= 0.3 is 0 Å². The fourth-order valence-electron chi connectivity index (χ4n) is 3.69. The van der Waals surface area contributed by atoms with E-state index in [0.717, 1.165) is 50.0 Å². The largest absolute Gasteiger partial charge is 0.348 e. The summed E-state index contributed by atoms with van der Waals surface area (Å²) in [5, 5.41) is 10.5. The number of benzene rings is 1. The van der Waals surface area contributed by atoms with Gasteiger partial charge in [-0.2, -0.15) is 5.10 Å². The summed E-state index contributed by atoms with van der Waals surface area (Å²) >= 11 is 0. The molecule has 1 aromatic carbocycles. The molecule has 0 radical (unpaired) electrons. The Labute approximate surface area is 136 Å². The average Bonchev–Trinajstić information content (AvgIpc) is 2.98. The zero-order valence-electron chi connectivity index (χ0n) is 13.4. The summed E-state index contributed by atoms with van der Waals surface area (Å²) in [5.74, 6) is -0.0396. The molecule has 120 valence electrons. The zero-order chi connectivity index (χ0) is 15.8. The van der Waals surface area contributed by atoms with E-state index in [0.29, 0.717) is 5.69 Å². The van der Waals surface area contributed by atoms with E-state index in [1.54, 1.807) is 0 Å². The molecule has 0 saturated heterocycles. The molecule has 1 amide bonds. The molecule has 0 bridgehead atoms. The van der Waals surface area contributed by atoms with Gasteiger partial charge in [0.25, 0.3) is 5.91 Å². The third-order valence-electron chi connectivity index (χ3n) is 5.02. The summed E-state index contributed by atoms with van der Waals surface area (Å²) in [7, 11) is 2.08. The first kappa shape index (κ1) is 14.5. The Morgan fingerprint density at radius 1 is 1.30 bits per heavy atom. The fourth-order valence-corrected chi connectivity index (χ4v) is 3.69. The maximum atomic E-state index is 12.7. The van der Waals surface area contributed by atoms with Crippen LogP contribution in [-0.4, -0.2) is 40.6 Å². The molecule has 4 rings (SSSR count). The molecule has 0 fully saturated rings. The third-order valence-corrected chi connectivity index (χ3v) is 5.02. The van der Waals surface area contributed by atoms with Gasteiger partial charge in [-0.05, 0) is 37.4 Å². The van der Waals surface area contributed by atoms with Crippen LogP contribution in [-0.2, 0) is 25.8 Å². The van der Waals surface area contributed by atoms with Crippen LogP contribution in [0.3, 0.4) is 0 Å². The first-order valence-corrected chi connectivity index (χ1v) is 8.33. The van der Waals surface area contributed by atoms with Crippen LogP contribution < -0.4 is 5.32 Å². The van der Waals surface area contributed by atoms with Crippen molar-refractivity contribution in [2.75, 3.05) is 13.6 Å². The van der Waals surface area contributed by atoms with E-state index in [2.05, 4.69) is 51.7 Å². The number of nitrogens with zero attached hydrogens (tertiary/aromatic N) is 2. The average molecular weight is 310 g/mol. The molecular formula is C18H22N4O. The van der Waals surface area contributed by atoms with Crippen molar-refractivity contribution in [2.24, 2.45) is 0 Å². The Balaban J connectivity index is 1.48. The van der Waals surface area contributed by atoms with Crippen molar-refractivity contribution in [1.82, 2.24) is 20.4 Å². The van der Waals surface area contributed by atoms with Crippen molar-refractivity contribution in [3.63, 3.8) is 0 Å². The molecule has 0 spiro atoms. The number of hydrogen-bond donors (Lipinski definition) is 2. The predicted molar refractivity (Wildman–Crippen MR) is 88.3 cm³/mol. The van der Waals surface area contributed by atoms with Crippen molar-refractivity contribution in [3.8, 4) is 0 Å². The lowest BCUT2D eigenvalue weighted by Gasteiger charge is -2.26. The molecule has 2 aromatic rings. The van der Waals surface area contributed by atoms with E-state index in [4.69, 9.17) is 0 Å². The summed E-state index contributed by atoms with van der Waals surface area (Å²) in [6.45, 7) is 1.80. The summed E-state index contributed by atoms with van der Waals surface area (Å²) in [6, 6.07) is 8.71. The quantitative estimate of drug-likeness (QED) is 0.887. The van der Waals surface area contributed by atoms with Crippen LogP contribution in [0.1, 0.15) is 39.3 Å². The summed E-state index contributed by atoms with van der Waals surface area (Å²) in [5.41, 5.74) is 5.52. The lowest BCUT2D eigenvalue weighted by Crippen LogP contribution is -2.39. The molecule has 2 N–H and O–H groups in total. The second-order valence-corrected chi connectivity index (χ2v) is 6.70. The van der Waals surface area contributed by atoms with Gasteiger partial charge < -0.3 is 10.2 Å². The van der Waals surface area contributed by atoms with Gasteiger partial charge in [-0.3, -0.25) is 9.89 Å². The maximum absolute atomic E-state index is 12.7. The summed E-state index contributed by atoms with van der Waals surface area (Å²) in [4.78, 5) is 14.9. The van der Waals surface area contributed by atoms with Gasteiger partial charge in [-0.25, -0.2) is 0 Å². The minimum absolute atomic E-state index is 0.0396. The predicted octanol–water partition coefficient (Wildman–Crippen LogP) is 1.68. The van der Waals surface area contributed by atoms with Gasteiger partial charge in [0, 0.05) is 36.8 Å². The van der Waals surface area contributed by atoms with Crippen molar-refractivity contribution in [1.29, 1.82) is 0 Å². The molecular weight excluding hydrogens is 288 g/mol. The molecule has 0 saturated carbocycles. The Bertz CT molecular complexity index is 736. The highest BCUT2D eigenvalue weighted by molar-refractivity contribution is 5.94. The second-order valence-electron chi connectivity index (χ2n) is 6.70. The number of rotatable bonds is 2. The molecule has 5 nitrogen and oxygen atoms in total. The number of aromatic amines is 1. The van der Waals surface area contributed by atoms with E-state index in [1.807, 2.05) is 0 Å². The second kappa shape index (κ2) is 5.81. The normalized spacial score (nSPS) is 20.7. The molecule has 1 atom stereocenters. The number of aromatic nitrogens is 2. The summed E-state index contributed by atoms with van der Waals surface area (Å²) < 4.78 is 0. The van der Waals surface area contributed by atoms with Gasteiger partial charge in [-0.15, -0.1) is 0 Å². The molecule has 2 aliphatic rings. The molecule has 23 heavy (non-hydrogen) atoms. The zero-order valence-corrected chi connectivity index (χ0v) is 13.4. The molecule has 5 heteroatoms. The monoisotopic (exact) mass is 310 g/mol. The van der Waals surface area contributed by atoms with Crippen LogP contribution >= 0.6 is 0 Å². The molecule has 1 aliphatic carbocycles. The maximum Gasteiger partial charge on any atom is 0.272 e. The first-order valence-electron chi connectivity index (χ1n) is 8.33. The molecule has 1 aliphatic heterocycles. The Morgan fingerprint density at radius 3 is 3.00 bits per heavy atom. The molecule has 2 heterocycles.